The third kappa shape index (κ3) is 2.96. The minimum Gasteiger partial charge on any atom is -0.384 e. The molecular weight excluding hydrogens is 298 g/mol. The monoisotopic (exact) mass is 312 g/mol. The summed E-state index contributed by atoms with van der Waals surface area (Å²) in [6.45, 7) is 0.421. The number of nitrogens with one attached hydrogen (secondary N) is 1. The van der Waals surface area contributed by atoms with E-state index in [0.717, 1.165) is 17.7 Å². The molecule has 3 N–H and O–H groups in total. The van der Waals surface area contributed by atoms with Crippen LogP contribution in [0.2, 0.25) is 0 Å². The van der Waals surface area contributed by atoms with Gasteiger partial charge in [0.1, 0.15) is 11.7 Å². The molecule has 1 heterocycles. The fourth-order valence-corrected chi connectivity index (χ4v) is 2.44. The lowest BCUT2D eigenvalue weighted by molar-refractivity contribution is 0.509. The highest BCUT2D eigenvalue weighted by Gasteiger charge is 2.12. The van der Waals surface area contributed by atoms with E-state index in [0.29, 0.717) is 23.5 Å². The van der Waals surface area contributed by atoms with E-state index in [2.05, 4.69) is 4.98 Å². The Hall–Kier alpha value is -3.02. The summed E-state index contributed by atoms with van der Waals surface area (Å²) in [4.78, 5) is 4.22. The fourth-order valence-electron chi connectivity index (χ4n) is 2.44. The molecular formula is C17H14F2N4. The van der Waals surface area contributed by atoms with Crippen LogP contribution in [0, 0.1) is 17.0 Å². The fraction of sp³-hybridized carbons (Fsp3) is 0.0588. The van der Waals surface area contributed by atoms with Gasteiger partial charge in [-0.15, -0.1) is 0 Å². The highest BCUT2D eigenvalue weighted by Crippen LogP contribution is 2.21. The van der Waals surface area contributed by atoms with E-state index in [9.17, 15) is 8.78 Å². The molecule has 0 aliphatic rings. The van der Waals surface area contributed by atoms with Gasteiger partial charge in [-0.05, 0) is 23.8 Å². The minimum absolute atomic E-state index is 0.0184. The SMILES string of the molecule is N=C(N)c1ccccc1Cn1ccnc1-c1ccc(F)c(F)c1. The number of halogens is 2. The molecule has 1 aromatic heterocycles. The molecule has 0 aliphatic heterocycles. The Bertz CT molecular complexity index is 871. The van der Waals surface area contributed by atoms with Gasteiger partial charge in [-0.3, -0.25) is 5.41 Å². The number of nitrogens with zero attached hydrogens (tertiary/aromatic N) is 2. The average Bonchev–Trinajstić information content (AvgIpc) is 2.98. The molecule has 0 saturated heterocycles. The molecule has 2 aromatic carbocycles. The molecule has 0 amide bonds. The molecule has 0 aliphatic carbocycles. The lowest BCUT2D eigenvalue weighted by atomic mass is 10.1. The maximum absolute atomic E-state index is 13.4. The topological polar surface area (TPSA) is 67.7 Å². The Morgan fingerprint density at radius 1 is 1.13 bits per heavy atom. The summed E-state index contributed by atoms with van der Waals surface area (Å²) < 4.78 is 28.3. The molecule has 23 heavy (non-hydrogen) atoms. The van der Waals surface area contributed by atoms with Crippen LogP contribution < -0.4 is 5.73 Å². The quantitative estimate of drug-likeness (QED) is 0.574. The van der Waals surface area contributed by atoms with Gasteiger partial charge < -0.3 is 10.3 Å². The molecule has 0 bridgehead atoms. The van der Waals surface area contributed by atoms with Crippen LogP contribution in [0.5, 0.6) is 0 Å². The second kappa shape index (κ2) is 6.00. The molecule has 0 fully saturated rings. The van der Waals surface area contributed by atoms with Gasteiger partial charge in [-0.25, -0.2) is 13.8 Å². The summed E-state index contributed by atoms with van der Waals surface area (Å²) in [7, 11) is 0. The van der Waals surface area contributed by atoms with E-state index in [1.54, 1.807) is 23.0 Å². The maximum atomic E-state index is 13.4. The number of nitrogens with two attached hydrogens (primary N) is 1. The third-order valence-corrected chi connectivity index (χ3v) is 3.54. The van der Waals surface area contributed by atoms with Crippen molar-refractivity contribution in [1.82, 2.24) is 9.55 Å². The van der Waals surface area contributed by atoms with Gasteiger partial charge in [0.2, 0.25) is 0 Å². The normalized spacial score (nSPS) is 10.7. The molecule has 6 heteroatoms. The second-order valence-corrected chi connectivity index (χ2v) is 5.08. The van der Waals surface area contributed by atoms with Crippen molar-refractivity contribution in [3.8, 4) is 11.4 Å². The number of amidine groups is 1. The zero-order valence-electron chi connectivity index (χ0n) is 12.1. The summed E-state index contributed by atoms with van der Waals surface area (Å²) in [5.74, 6) is -1.31. The summed E-state index contributed by atoms with van der Waals surface area (Å²) >= 11 is 0. The molecule has 3 rings (SSSR count). The molecule has 0 atom stereocenters. The van der Waals surface area contributed by atoms with Crippen LogP contribution in [0.25, 0.3) is 11.4 Å². The summed E-state index contributed by atoms with van der Waals surface area (Å²) in [5.41, 5.74) is 7.56. The van der Waals surface area contributed by atoms with E-state index in [-0.39, 0.29) is 5.84 Å². The standard InChI is InChI=1S/C17H14F2N4/c18-14-6-5-11(9-15(14)19)17-22-7-8-23(17)10-12-3-1-2-4-13(12)16(20)21/h1-9H,10H2,(H3,20,21). The number of benzene rings is 2. The molecule has 0 saturated carbocycles. The molecule has 116 valence electrons. The van der Waals surface area contributed by atoms with Crippen LogP contribution in [-0.2, 0) is 6.54 Å². The predicted octanol–water partition coefficient (Wildman–Crippen LogP) is 3.16. The Balaban J connectivity index is 1.99. The van der Waals surface area contributed by atoms with E-state index < -0.39 is 11.6 Å². The zero-order valence-corrected chi connectivity index (χ0v) is 12.1. The van der Waals surface area contributed by atoms with E-state index in [1.165, 1.54) is 6.07 Å². The number of aromatic nitrogens is 2. The van der Waals surface area contributed by atoms with Gasteiger partial charge in [0, 0.05) is 30.1 Å². The zero-order chi connectivity index (χ0) is 16.4. The summed E-state index contributed by atoms with van der Waals surface area (Å²) in [6.07, 6.45) is 3.33. The summed E-state index contributed by atoms with van der Waals surface area (Å²) in [6, 6.07) is 11.0. The van der Waals surface area contributed by atoms with Gasteiger partial charge in [-0.1, -0.05) is 24.3 Å². The smallest absolute Gasteiger partial charge is 0.159 e. The number of nitrogen functional groups attached to an aromatic ring is 1. The first kappa shape index (κ1) is 14.9. The highest BCUT2D eigenvalue weighted by atomic mass is 19.2. The minimum atomic E-state index is -0.916. The molecule has 0 spiro atoms. The van der Waals surface area contributed by atoms with Crippen molar-refractivity contribution in [3.63, 3.8) is 0 Å². The number of imidazole rings is 1. The lowest BCUT2D eigenvalue weighted by Crippen LogP contribution is -2.15. The Kier molecular flexibility index (Phi) is 3.89. The van der Waals surface area contributed by atoms with Crippen LogP contribution >= 0.6 is 0 Å². The van der Waals surface area contributed by atoms with Crippen molar-refractivity contribution in [2.75, 3.05) is 0 Å². The van der Waals surface area contributed by atoms with Crippen LogP contribution in [0.4, 0.5) is 8.78 Å². The van der Waals surface area contributed by atoms with E-state index >= 15 is 0 Å². The first-order valence-corrected chi connectivity index (χ1v) is 6.95. The first-order valence-electron chi connectivity index (χ1n) is 6.95. The van der Waals surface area contributed by atoms with E-state index in [4.69, 9.17) is 11.1 Å². The van der Waals surface area contributed by atoms with Crippen LogP contribution in [-0.4, -0.2) is 15.4 Å². The van der Waals surface area contributed by atoms with Crippen molar-refractivity contribution in [2.24, 2.45) is 5.73 Å². The maximum Gasteiger partial charge on any atom is 0.159 e. The average molecular weight is 312 g/mol. The molecule has 3 aromatic rings. The van der Waals surface area contributed by atoms with Gasteiger partial charge in [0.05, 0.1) is 0 Å². The third-order valence-electron chi connectivity index (χ3n) is 3.54. The Labute approximate surface area is 131 Å². The Morgan fingerprint density at radius 2 is 1.91 bits per heavy atom. The van der Waals surface area contributed by atoms with E-state index in [1.807, 2.05) is 18.2 Å². The van der Waals surface area contributed by atoms with Crippen molar-refractivity contribution >= 4 is 5.84 Å². The van der Waals surface area contributed by atoms with Gasteiger partial charge in [-0.2, -0.15) is 0 Å². The van der Waals surface area contributed by atoms with Crippen molar-refractivity contribution < 1.29 is 8.78 Å². The van der Waals surface area contributed by atoms with Crippen molar-refractivity contribution in [1.29, 1.82) is 5.41 Å². The second-order valence-electron chi connectivity index (χ2n) is 5.08. The van der Waals surface area contributed by atoms with Gasteiger partial charge >= 0.3 is 0 Å². The van der Waals surface area contributed by atoms with Crippen LogP contribution in [0.15, 0.2) is 54.9 Å². The molecule has 4 nitrogen and oxygen atoms in total. The first-order chi connectivity index (χ1) is 11.1. The Morgan fingerprint density at radius 3 is 2.65 bits per heavy atom. The lowest BCUT2D eigenvalue weighted by Gasteiger charge is -2.11. The van der Waals surface area contributed by atoms with Crippen LogP contribution in [0.3, 0.4) is 0 Å². The predicted molar refractivity (Wildman–Crippen MR) is 84.1 cm³/mol. The summed E-state index contributed by atoms with van der Waals surface area (Å²) in [5, 5.41) is 7.64. The number of hydrogen-bond acceptors (Lipinski definition) is 2. The molecule has 0 unspecified atom stereocenters. The van der Waals surface area contributed by atoms with Gasteiger partial charge in [0.15, 0.2) is 11.6 Å². The molecule has 0 radical (unpaired) electrons. The highest BCUT2D eigenvalue weighted by molar-refractivity contribution is 5.96. The number of rotatable bonds is 4. The number of hydrogen-bond donors (Lipinski definition) is 2. The largest absolute Gasteiger partial charge is 0.384 e. The van der Waals surface area contributed by atoms with Crippen LogP contribution in [0.1, 0.15) is 11.1 Å². The van der Waals surface area contributed by atoms with Crippen molar-refractivity contribution in [3.05, 3.63) is 77.6 Å². The van der Waals surface area contributed by atoms with Crippen molar-refractivity contribution in [2.45, 2.75) is 6.54 Å². The van der Waals surface area contributed by atoms with Gasteiger partial charge in [0.25, 0.3) is 0 Å².